The maximum absolute atomic E-state index is 6.35. The summed E-state index contributed by atoms with van der Waals surface area (Å²) >= 11 is 0. The van der Waals surface area contributed by atoms with Crippen molar-refractivity contribution in [2.75, 3.05) is 34.5 Å². The largest absolute Gasteiger partial charge is 0.497 e. The van der Waals surface area contributed by atoms with E-state index in [-0.39, 0.29) is 12.2 Å². The zero-order chi connectivity index (χ0) is 24.2. The van der Waals surface area contributed by atoms with Crippen LogP contribution in [-0.2, 0) is 41.6 Å². The predicted molar refractivity (Wildman–Crippen MR) is 129 cm³/mol. The number of unbranched alkanes of at least 4 members (excludes halogenated alkanes) is 1. The first kappa shape index (κ1) is 26.6. The van der Waals surface area contributed by atoms with E-state index in [0.717, 1.165) is 29.7 Å². The summed E-state index contributed by atoms with van der Waals surface area (Å²) in [5.41, 5.74) is 2.12. The van der Waals surface area contributed by atoms with E-state index >= 15 is 0 Å². The number of hydrogen-bond acceptors (Lipinski definition) is 7. The minimum absolute atomic E-state index is 0.329. The summed E-state index contributed by atoms with van der Waals surface area (Å²) in [4.78, 5) is 0. The third-order valence-corrected chi connectivity index (χ3v) is 5.91. The van der Waals surface area contributed by atoms with Gasteiger partial charge in [-0.2, -0.15) is 0 Å². The van der Waals surface area contributed by atoms with Crippen LogP contribution in [0.1, 0.15) is 30.9 Å². The van der Waals surface area contributed by atoms with Crippen LogP contribution in [0.2, 0.25) is 0 Å². The lowest BCUT2D eigenvalue weighted by Crippen LogP contribution is -2.61. The van der Waals surface area contributed by atoms with Gasteiger partial charge < -0.3 is 33.2 Å². The smallest absolute Gasteiger partial charge is 0.186 e. The molecular weight excluding hydrogens is 436 g/mol. The quantitative estimate of drug-likeness (QED) is 0.377. The molecule has 2 aromatic carbocycles. The molecule has 34 heavy (non-hydrogen) atoms. The van der Waals surface area contributed by atoms with Gasteiger partial charge in [0.1, 0.15) is 30.2 Å². The molecule has 3 rings (SSSR count). The lowest BCUT2D eigenvalue weighted by atomic mass is 9.98. The van der Waals surface area contributed by atoms with Crippen LogP contribution in [0, 0.1) is 0 Å². The number of methoxy groups -OCH3 is 3. The molecule has 0 amide bonds. The van der Waals surface area contributed by atoms with E-state index in [0.29, 0.717) is 26.4 Å². The molecule has 1 aliphatic heterocycles. The molecule has 5 unspecified atom stereocenters. The predicted octanol–water partition coefficient (Wildman–Crippen LogP) is 4.37. The third-order valence-electron chi connectivity index (χ3n) is 5.91. The Labute approximate surface area is 203 Å². The monoisotopic (exact) mass is 474 g/mol. The Hall–Kier alpha value is -2.00. The number of benzene rings is 2. The molecule has 0 N–H and O–H groups in total. The molecule has 1 fully saturated rings. The summed E-state index contributed by atoms with van der Waals surface area (Å²) in [6.45, 7) is 3.92. The number of hydrogen-bond donors (Lipinski definition) is 0. The first-order chi connectivity index (χ1) is 16.7. The normalized spacial score (nSPS) is 24.8. The molecule has 0 bridgehead atoms. The van der Waals surface area contributed by atoms with Gasteiger partial charge in [0.2, 0.25) is 0 Å². The second-order valence-corrected chi connectivity index (χ2v) is 8.29. The average molecular weight is 475 g/mol. The molecule has 7 heteroatoms. The van der Waals surface area contributed by atoms with Crippen molar-refractivity contribution in [1.29, 1.82) is 0 Å². The molecule has 5 atom stereocenters. The summed E-state index contributed by atoms with van der Waals surface area (Å²) in [5, 5.41) is 0. The highest BCUT2D eigenvalue weighted by atomic mass is 16.7. The molecule has 7 nitrogen and oxygen atoms in total. The molecular formula is C27H38O7. The molecule has 2 aromatic rings. The fourth-order valence-electron chi connectivity index (χ4n) is 3.99. The Bertz CT molecular complexity index is 798. The van der Waals surface area contributed by atoms with E-state index in [9.17, 15) is 0 Å². The van der Waals surface area contributed by atoms with Crippen molar-refractivity contribution in [3.05, 3.63) is 65.7 Å². The molecule has 0 radical (unpaired) electrons. The molecule has 1 heterocycles. The van der Waals surface area contributed by atoms with Crippen LogP contribution in [0.5, 0.6) is 5.75 Å². The fourth-order valence-corrected chi connectivity index (χ4v) is 3.99. The second kappa shape index (κ2) is 14.4. The number of rotatable bonds is 14. The lowest BCUT2D eigenvalue weighted by Gasteiger charge is -2.45. The maximum atomic E-state index is 6.35. The summed E-state index contributed by atoms with van der Waals surface area (Å²) in [5.74, 6) is 0.814. The Morgan fingerprint density at radius 2 is 1.47 bits per heavy atom. The van der Waals surface area contributed by atoms with Crippen LogP contribution in [0.25, 0.3) is 0 Å². The molecule has 1 aliphatic rings. The van der Waals surface area contributed by atoms with E-state index in [1.807, 2.05) is 54.6 Å². The summed E-state index contributed by atoms with van der Waals surface area (Å²) in [6, 6.07) is 17.9. The van der Waals surface area contributed by atoms with Crippen LogP contribution in [-0.4, -0.2) is 65.2 Å². The van der Waals surface area contributed by atoms with E-state index in [2.05, 4.69) is 6.92 Å². The first-order valence-electron chi connectivity index (χ1n) is 11.9. The van der Waals surface area contributed by atoms with E-state index in [1.54, 1.807) is 21.3 Å². The highest BCUT2D eigenvalue weighted by Gasteiger charge is 2.48. The average Bonchev–Trinajstić information content (AvgIpc) is 2.88. The van der Waals surface area contributed by atoms with Crippen LogP contribution in [0.4, 0.5) is 0 Å². The van der Waals surface area contributed by atoms with Gasteiger partial charge in [0, 0.05) is 20.8 Å². The molecule has 0 saturated carbocycles. The summed E-state index contributed by atoms with van der Waals surface area (Å²) in [6.07, 6.45) is -0.144. The van der Waals surface area contributed by atoms with E-state index < -0.39 is 18.5 Å². The van der Waals surface area contributed by atoms with Gasteiger partial charge in [0.15, 0.2) is 6.29 Å². The maximum Gasteiger partial charge on any atom is 0.186 e. The van der Waals surface area contributed by atoms with Gasteiger partial charge in [0.25, 0.3) is 0 Å². The summed E-state index contributed by atoms with van der Waals surface area (Å²) < 4.78 is 41.6. The zero-order valence-electron chi connectivity index (χ0n) is 20.7. The van der Waals surface area contributed by atoms with Crippen molar-refractivity contribution in [1.82, 2.24) is 0 Å². The van der Waals surface area contributed by atoms with Crippen molar-refractivity contribution in [3.63, 3.8) is 0 Å². The number of ether oxygens (including phenoxy) is 7. The van der Waals surface area contributed by atoms with Crippen LogP contribution in [0.3, 0.4) is 0 Å². The van der Waals surface area contributed by atoms with Gasteiger partial charge in [-0.25, -0.2) is 0 Å². The first-order valence-corrected chi connectivity index (χ1v) is 11.9. The highest BCUT2D eigenvalue weighted by molar-refractivity contribution is 5.26. The van der Waals surface area contributed by atoms with Crippen molar-refractivity contribution in [3.8, 4) is 5.75 Å². The van der Waals surface area contributed by atoms with Crippen molar-refractivity contribution < 1.29 is 33.2 Å². The van der Waals surface area contributed by atoms with Crippen LogP contribution >= 0.6 is 0 Å². The molecule has 188 valence electrons. The fraction of sp³-hybridized carbons (Fsp3) is 0.556. The molecule has 0 spiro atoms. The van der Waals surface area contributed by atoms with Crippen LogP contribution < -0.4 is 4.74 Å². The van der Waals surface area contributed by atoms with Gasteiger partial charge in [-0.3, -0.25) is 0 Å². The van der Waals surface area contributed by atoms with Gasteiger partial charge in [-0.1, -0.05) is 55.8 Å². The topological polar surface area (TPSA) is 64.6 Å². The van der Waals surface area contributed by atoms with Gasteiger partial charge in [-0.05, 0) is 29.7 Å². The minimum Gasteiger partial charge on any atom is -0.497 e. The van der Waals surface area contributed by atoms with E-state index in [4.69, 9.17) is 33.2 Å². The Kier molecular flexibility index (Phi) is 11.3. The van der Waals surface area contributed by atoms with Crippen molar-refractivity contribution >= 4 is 0 Å². The SMILES string of the molecule is CCCCOC1OC(COCc2ccc(OC)cc2)C(OCc2ccccc2)C(OC)C1OC. The summed E-state index contributed by atoms with van der Waals surface area (Å²) in [7, 11) is 4.96. The molecule has 0 aromatic heterocycles. The molecule has 0 aliphatic carbocycles. The second-order valence-electron chi connectivity index (χ2n) is 8.29. The Balaban J connectivity index is 1.70. The Morgan fingerprint density at radius 1 is 0.765 bits per heavy atom. The standard InChI is InChI=1S/C27H38O7/c1-5-6-16-32-27-26(30-4)25(29-3)24(33-18-20-10-8-7-9-11-20)23(34-27)19-31-17-21-12-14-22(28-2)15-13-21/h7-15,23-27H,5-6,16-19H2,1-4H3. The van der Waals surface area contributed by atoms with Gasteiger partial charge in [0.05, 0.1) is 26.9 Å². The van der Waals surface area contributed by atoms with Gasteiger partial charge in [-0.15, -0.1) is 0 Å². The van der Waals surface area contributed by atoms with Crippen molar-refractivity contribution in [2.45, 2.75) is 63.7 Å². The van der Waals surface area contributed by atoms with Crippen LogP contribution in [0.15, 0.2) is 54.6 Å². The van der Waals surface area contributed by atoms with Gasteiger partial charge >= 0.3 is 0 Å². The minimum atomic E-state index is -0.562. The highest BCUT2D eigenvalue weighted by Crippen LogP contribution is 2.29. The zero-order valence-corrected chi connectivity index (χ0v) is 20.7. The Morgan fingerprint density at radius 3 is 2.12 bits per heavy atom. The van der Waals surface area contributed by atoms with Crippen molar-refractivity contribution in [2.24, 2.45) is 0 Å². The lowest BCUT2D eigenvalue weighted by molar-refractivity contribution is -0.318. The third kappa shape index (κ3) is 7.50. The van der Waals surface area contributed by atoms with E-state index in [1.165, 1.54) is 0 Å². The molecule has 1 saturated heterocycles.